The minimum Gasteiger partial charge on any atom is -0.462 e. The van der Waals surface area contributed by atoms with Crippen LogP contribution in [-0.2, 0) is 9.53 Å². The highest BCUT2D eigenvalue weighted by atomic mass is 16.6. The Hall–Kier alpha value is -0.610. The zero-order chi connectivity index (χ0) is 8.72. The fourth-order valence-corrected chi connectivity index (χ4v) is 2.23. The number of hydrogen-bond acceptors (Lipinski definition) is 4. The number of rotatable bonds is 1. The molecule has 2 fully saturated rings. The maximum atomic E-state index is 10.8. The minimum atomic E-state index is -0.502. The van der Waals surface area contributed by atoms with Crippen LogP contribution < -0.4 is 0 Å². The molecule has 0 aromatic heterocycles. The zero-order valence-electron chi connectivity index (χ0n) is 6.64. The first-order chi connectivity index (χ1) is 5.72. The molecule has 0 bridgehead atoms. The first-order valence-electron chi connectivity index (χ1n) is 4.20. The van der Waals surface area contributed by atoms with E-state index in [1.54, 1.807) is 0 Å². The normalized spacial score (nSPS) is 46.0. The Morgan fingerprint density at radius 1 is 1.58 bits per heavy atom. The summed E-state index contributed by atoms with van der Waals surface area (Å²) >= 11 is 0. The van der Waals surface area contributed by atoms with Gasteiger partial charge in [0.05, 0.1) is 12.5 Å². The standard InChI is InChI=1S/C8H12O4/c9-3-5-4-1-8(11)12-7(4)2-6(5)10/h4-7,9-10H,1-3H2. The fourth-order valence-electron chi connectivity index (χ4n) is 2.23. The molecule has 68 valence electrons. The van der Waals surface area contributed by atoms with E-state index < -0.39 is 6.10 Å². The summed E-state index contributed by atoms with van der Waals surface area (Å²) in [6, 6.07) is 0. The van der Waals surface area contributed by atoms with Crippen LogP contribution in [0.15, 0.2) is 0 Å². The third-order valence-corrected chi connectivity index (χ3v) is 2.89. The molecule has 4 unspecified atom stereocenters. The van der Waals surface area contributed by atoms with E-state index in [1.165, 1.54) is 0 Å². The topological polar surface area (TPSA) is 66.8 Å². The predicted molar refractivity (Wildman–Crippen MR) is 39.2 cm³/mol. The number of ether oxygens (including phenoxy) is 1. The lowest BCUT2D eigenvalue weighted by Crippen LogP contribution is -2.23. The minimum absolute atomic E-state index is 0.0394. The van der Waals surface area contributed by atoms with E-state index in [4.69, 9.17) is 9.84 Å². The lowest BCUT2D eigenvalue weighted by Gasteiger charge is -2.14. The summed E-state index contributed by atoms with van der Waals surface area (Å²) < 4.78 is 4.98. The van der Waals surface area contributed by atoms with E-state index in [9.17, 15) is 9.90 Å². The average molecular weight is 172 g/mol. The van der Waals surface area contributed by atoms with Gasteiger partial charge in [0, 0.05) is 24.9 Å². The third-order valence-electron chi connectivity index (χ3n) is 2.89. The summed E-state index contributed by atoms with van der Waals surface area (Å²) in [4.78, 5) is 10.8. The van der Waals surface area contributed by atoms with Crippen LogP contribution in [0.1, 0.15) is 12.8 Å². The Kier molecular flexibility index (Phi) is 1.81. The third kappa shape index (κ3) is 1.03. The molecule has 2 N–H and O–H groups in total. The summed E-state index contributed by atoms with van der Waals surface area (Å²) in [5, 5.41) is 18.4. The van der Waals surface area contributed by atoms with Gasteiger partial charge < -0.3 is 14.9 Å². The van der Waals surface area contributed by atoms with E-state index in [1.807, 2.05) is 0 Å². The van der Waals surface area contributed by atoms with Crippen LogP contribution >= 0.6 is 0 Å². The van der Waals surface area contributed by atoms with E-state index in [0.29, 0.717) is 12.8 Å². The van der Waals surface area contributed by atoms with Gasteiger partial charge in [-0.2, -0.15) is 0 Å². The molecular weight excluding hydrogens is 160 g/mol. The van der Waals surface area contributed by atoms with Crippen molar-refractivity contribution in [2.45, 2.75) is 25.0 Å². The van der Waals surface area contributed by atoms with Crippen LogP contribution in [-0.4, -0.2) is 35.0 Å². The van der Waals surface area contributed by atoms with Crippen LogP contribution in [0.25, 0.3) is 0 Å². The molecule has 1 aliphatic heterocycles. The molecule has 4 atom stereocenters. The summed E-state index contributed by atoms with van der Waals surface area (Å²) in [5.74, 6) is -0.325. The number of aliphatic hydroxyl groups excluding tert-OH is 2. The number of carbonyl (C=O) groups is 1. The van der Waals surface area contributed by atoms with Gasteiger partial charge in [-0.15, -0.1) is 0 Å². The molecule has 0 aromatic carbocycles. The molecule has 0 aromatic rings. The lowest BCUT2D eigenvalue weighted by atomic mass is 9.93. The van der Waals surface area contributed by atoms with Crippen molar-refractivity contribution in [2.24, 2.45) is 11.8 Å². The van der Waals surface area contributed by atoms with Crippen molar-refractivity contribution >= 4 is 5.97 Å². The average Bonchev–Trinajstić information content (AvgIpc) is 2.43. The highest BCUT2D eigenvalue weighted by Gasteiger charge is 2.49. The van der Waals surface area contributed by atoms with Gasteiger partial charge in [-0.25, -0.2) is 0 Å². The van der Waals surface area contributed by atoms with Crippen molar-refractivity contribution in [3.63, 3.8) is 0 Å². The molecule has 0 spiro atoms. The number of esters is 1. The highest BCUT2D eigenvalue weighted by Crippen LogP contribution is 2.40. The van der Waals surface area contributed by atoms with Gasteiger partial charge in [-0.05, 0) is 0 Å². The van der Waals surface area contributed by atoms with Crippen LogP contribution in [0.5, 0.6) is 0 Å². The molecule has 4 nitrogen and oxygen atoms in total. The maximum Gasteiger partial charge on any atom is 0.306 e. The summed E-state index contributed by atoms with van der Waals surface area (Å²) in [6.45, 7) is -0.0566. The first-order valence-corrected chi connectivity index (χ1v) is 4.20. The van der Waals surface area contributed by atoms with Crippen molar-refractivity contribution in [3.05, 3.63) is 0 Å². The first kappa shape index (κ1) is 8.01. The Morgan fingerprint density at radius 3 is 3.00 bits per heavy atom. The van der Waals surface area contributed by atoms with E-state index >= 15 is 0 Å². The molecule has 1 saturated heterocycles. The Bertz CT molecular complexity index is 203. The smallest absolute Gasteiger partial charge is 0.306 e. The zero-order valence-corrected chi connectivity index (χ0v) is 6.64. The van der Waals surface area contributed by atoms with E-state index in [0.717, 1.165) is 0 Å². The van der Waals surface area contributed by atoms with E-state index in [-0.39, 0.29) is 30.5 Å². The SMILES string of the molecule is O=C1CC2C(CC(O)C2CO)O1. The molecule has 4 heteroatoms. The molecule has 2 aliphatic rings. The van der Waals surface area contributed by atoms with Crippen LogP contribution in [0.2, 0.25) is 0 Å². The number of aliphatic hydroxyl groups is 2. The van der Waals surface area contributed by atoms with Crippen molar-refractivity contribution in [1.29, 1.82) is 0 Å². The molecule has 12 heavy (non-hydrogen) atoms. The lowest BCUT2D eigenvalue weighted by molar-refractivity contribution is -0.141. The Morgan fingerprint density at radius 2 is 2.33 bits per heavy atom. The second-order valence-electron chi connectivity index (χ2n) is 3.55. The fraction of sp³-hybridized carbons (Fsp3) is 0.875. The van der Waals surface area contributed by atoms with Gasteiger partial charge in [0.25, 0.3) is 0 Å². The van der Waals surface area contributed by atoms with Gasteiger partial charge in [0.1, 0.15) is 6.10 Å². The summed E-state index contributed by atoms with van der Waals surface area (Å²) in [6.07, 6.45) is 0.192. The number of carbonyl (C=O) groups excluding carboxylic acids is 1. The van der Waals surface area contributed by atoms with E-state index in [2.05, 4.69) is 0 Å². The molecular formula is C8H12O4. The molecule has 0 radical (unpaired) electrons. The van der Waals surface area contributed by atoms with Crippen molar-refractivity contribution in [1.82, 2.24) is 0 Å². The van der Waals surface area contributed by atoms with Crippen LogP contribution in [0.3, 0.4) is 0 Å². The van der Waals surface area contributed by atoms with Gasteiger partial charge in [-0.1, -0.05) is 0 Å². The molecule has 1 saturated carbocycles. The van der Waals surface area contributed by atoms with Gasteiger partial charge in [-0.3, -0.25) is 4.79 Å². The van der Waals surface area contributed by atoms with Gasteiger partial charge in [0.2, 0.25) is 0 Å². The molecule has 1 heterocycles. The Balaban J connectivity index is 2.11. The summed E-state index contributed by atoms with van der Waals surface area (Å²) in [5.41, 5.74) is 0. The quantitative estimate of drug-likeness (QED) is 0.513. The van der Waals surface area contributed by atoms with Crippen LogP contribution in [0, 0.1) is 11.8 Å². The monoisotopic (exact) mass is 172 g/mol. The molecule has 2 rings (SSSR count). The van der Waals surface area contributed by atoms with Crippen molar-refractivity contribution < 1.29 is 19.7 Å². The van der Waals surface area contributed by atoms with Crippen molar-refractivity contribution in [2.75, 3.05) is 6.61 Å². The van der Waals surface area contributed by atoms with Gasteiger partial charge >= 0.3 is 5.97 Å². The molecule has 1 aliphatic carbocycles. The van der Waals surface area contributed by atoms with Gasteiger partial charge in [0.15, 0.2) is 0 Å². The maximum absolute atomic E-state index is 10.8. The second-order valence-corrected chi connectivity index (χ2v) is 3.55. The predicted octanol–water partition coefficient (Wildman–Crippen LogP) is -0.709. The summed E-state index contributed by atoms with van der Waals surface area (Å²) in [7, 11) is 0. The number of fused-ring (bicyclic) bond motifs is 1. The highest BCUT2D eigenvalue weighted by molar-refractivity contribution is 5.72. The number of hydrogen-bond donors (Lipinski definition) is 2. The Labute approximate surface area is 70.1 Å². The second kappa shape index (κ2) is 2.71. The molecule has 0 amide bonds. The van der Waals surface area contributed by atoms with Crippen LogP contribution in [0.4, 0.5) is 0 Å². The largest absolute Gasteiger partial charge is 0.462 e. The van der Waals surface area contributed by atoms with Crippen molar-refractivity contribution in [3.8, 4) is 0 Å².